The molecule has 1 saturated carbocycles. The fraction of sp³-hybridized carbons (Fsp3) is 0.300. The first kappa shape index (κ1) is 18.3. The number of carbonyl (C=O) groups is 2. The van der Waals surface area contributed by atoms with Gasteiger partial charge in [-0.15, -0.1) is 0 Å². The first-order chi connectivity index (χ1) is 12.6. The summed E-state index contributed by atoms with van der Waals surface area (Å²) >= 11 is 5.82. The van der Waals surface area contributed by atoms with Crippen LogP contribution in [0.5, 0.6) is 5.75 Å². The molecule has 0 aliphatic heterocycles. The fourth-order valence-corrected chi connectivity index (χ4v) is 2.92. The predicted molar refractivity (Wildman–Crippen MR) is 101 cm³/mol. The summed E-state index contributed by atoms with van der Waals surface area (Å²) in [7, 11) is 1.63. The molecule has 26 heavy (non-hydrogen) atoms. The molecule has 2 aromatic carbocycles. The van der Waals surface area contributed by atoms with E-state index in [2.05, 4.69) is 10.6 Å². The molecule has 2 atom stereocenters. The van der Waals surface area contributed by atoms with Gasteiger partial charge in [0.1, 0.15) is 5.75 Å². The number of hydrogen-bond donors (Lipinski definition) is 2. The standard InChI is InChI=1S/C20H21ClN2O3/c1-26-16-8-2-13(3-9-16)10-11-22-19(24)17-12-18(17)20(25)23-15-6-4-14(21)5-7-15/h2-9,17-18H,10-12H2,1H3,(H,22,24)(H,23,25). The minimum Gasteiger partial charge on any atom is -0.497 e. The smallest absolute Gasteiger partial charge is 0.228 e. The van der Waals surface area contributed by atoms with E-state index in [0.29, 0.717) is 23.7 Å². The van der Waals surface area contributed by atoms with E-state index in [4.69, 9.17) is 16.3 Å². The fourth-order valence-electron chi connectivity index (χ4n) is 2.80. The van der Waals surface area contributed by atoms with Crippen molar-refractivity contribution < 1.29 is 14.3 Å². The molecule has 2 aromatic rings. The number of nitrogens with one attached hydrogen (secondary N) is 2. The van der Waals surface area contributed by atoms with Gasteiger partial charge in [0, 0.05) is 17.3 Å². The van der Waals surface area contributed by atoms with Crippen LogP contribution in [0.1, 0.15) is 12.0 Å². The Morgan fingerprint density at radius 1 is 1.04 bits per heavy atom. The van der Waals surface area contributed by atoms with Gasteiger partial charge in [0.15, 0.2) is 0 Å². The third kappa shape index (κ3) is 4.76. The van der Waals surface area contributed by atoms with E-state index in [9.17, 15) is 9.59 Å². The van der Waals surface area contributed by atoms with Crippen LogP contribution in [0.4, 0.5) is 5.69 Å². The molecule has 1 fully saturated rings. The van der Waals surface area contributed by atoms with Crippen LogP contribution in [0.3, 0.4) is 0 Å². The largest absolute Gasteiger partial charge is 0.497 e. The minimum absolute atomic E-state index is 0.0604. The first-order valence-electron chi connectivity index (χ1n) is 8.54. The van der Waals surface area contributed by atoms with E-state index in [0.717, 1.165) is 17.7 Å². The Morgan fingerprint density at radius 3 is 2.35 bits per heavy atom. The van der Waals surface area contributed by atoms with Gasteiger partial charge >= 0.3 is 0 Å². The molecule has 0 radical (unpaired) electrons. The molecule has 5 nitrogen and oxygen atoms in total. The van der Waals surface area contributed by atoms with Gasteiger partial charge in [-0.3, -0.25) is 9.59 Å². The van der Waals surface area contributed by atoms with E-state index < -0.39 is 0 Å². The van der Waals surface area contributed by atoms with Gasteiger partial charge in [-0.1, -0.05) is 23.7 Å². The van der Waals surface area contributed by atoms with Crippen molar-refractivity contribution >= 4 is 29.1 Å². The highest BCUT2D eigenvalue weighted by Gasteiger charge is 2.47. The molecule has 2 unspecified atom stereocenters. The summed E-state index contributed by atoms with van der Waals surface area (Å²) in [6.07, 6.45) is 1.33. The second kappa shape index (κ2) is 8.23. The second-order valence-electron chi connectivity index (χ2n) is 6.33. The van der Waals surface area contributed by atoms with Crippen LogP contribution >= 0.6 is 11.6 Å². The van der Waals surface area contributed by atoms with Crippen molar-refractivity contribution in [3.8, 4) is 5.75 Å². The summed E-state index contributed by atoms with van der Waals surface area (Å²) in [6.45, 7) is 0.549. The molecule has 0 aromatic heterocycles. The highest BCUT2D eigenvalue weighted by molar-refractivity contribution is 6.30. The number of rotatable bonds is 7. The number of halogens is 1. The highest BCUT2D eigenvalue weighted by Crippen LogP contribution is 2.39. The van der Waals surface area contributed by atoms with Crippen molar-refractivity contribution in [2.45, 2.75) is 12.8 Å². The van der Waals surface area contributed by atoms with Crippen molar-refractivity contribution in [3.63, 3.8) is 0 Å². The van der Waals surface area contributed by atoms with Crippen LogP contribution in [0.15, 0.2) is 48.5 Å². The Labute approximate surface area is 157 Å². The van der Waals surface area contributed by atoms with Crippen LogP contribution in [0, 0.1) is 11.8 Å². The number of carbonyl (C=O) groups excluding carboxylic acids is 2. The van der Waals surface area contributed by atoms with Gasteiger partial charge in [-0.25, -0.2) is 0 Å². The number of benzene rings is 2. The SMILES string of the molecule is COc1ccc(CCNC(=O)C2CC2C(=O)Nc2ccc(Cl)cc2)cc1. The molecular formula is C20H21ClN2O3. The maximum absolute atomic E-state index is 12.2. The third-order valence-corrected chi connectivity index (χ3v) is 4.70. The zero-order valence-corrected chi connectivity index (χ0v) is 15.3. The third-order valence-electron chi connectivity index (χ3n) is 4.45. The van der Waals surface area contributed by atoms with Crippen LogP contribution in [-0.2, 0) is 16.0 Å². The summed E-state index contributed by atoms with van der Waals surface area (Å²) in [5.74, 6) is 0.132. The topological polar surface area (TPSA) is 67.4 Å². The first-order valence-corrected chi connectivity index (χ1v) is 8.91. The molecule has 6 heteroatoms. The Hall–Kier alpha value is -2.53. The Bertz CT molecular complexity index is 775. The molecule has 0 spiro atoms. The Balaban J connectivity index is 1.40. The average Bonchev–Trinajstić information content (AvgIpc) is 3.45. The normalized spacial score (nSPS) is 18.1. The van der Waals surface area contributed by atoms with Crippen LogP contribution in [-0.4, -0.2) is 25.5 Å². The van der Waals surface area contributed by atoms with Gasteiger partial charge in [-0.05, 0) is 54.8 Å². The molecule has 136 valence electrons. The van der Waals surface area contributed by atoms with E-state index in [1.54, 1.807) is 31.4 Å². The zero-order chi connectivity index (χ0) is 18.5. The van der Waals surface area contributed by atoms with Gasteiger partial charge in [0.2, 0.25) is 11.8 Å². The summed E-state index contributed by atoms with van der Waals surface area (Å²) in [5.41, 5.74) is 1.81. The van der Waals surface area contributed by atoms with Crippen LogP contribution < -0.4 is 15.4 Å². The molecule has 1 aliphatic carbocycles. The average molecular weight is 373 g/mol. The Kier molecular flexibility index (Phi) is 5.78. The highest BCUT2D eigenvalue weighted by atomic mass is 35.5. The maximum Gasteiger partial charge on any atom is 0.228 e. The summed E-state index contributed by atoms with van der Waals surface area (Å²) in [4.78, 5) is 24.4. The van der Waals surface area contributed by atoms with Crippen molar-refractivity contribution in [2.24, 2.45) is 11.8 Å². The molecule has 0 saturated heterocycles. The number of amides is 2. The predicted octanol–water partition coefficient (Wildman–Crippen LogP) is 3.28. The van der Waals surface area contributed by atoms with E-state index in [-0.39, 0.29) is 23.7 Å². The molecule has 2 amide bonds. The number of ether oxygens (including phenoxy) is 1. The Morgan fingerprint density at radius 2 is 1.69 bits per heavy atom. The lowest BCUT2D eigenvalue weighted by Crippen LogP contribution is -2.29. The van der Waals surface area contributed by atoms with Gasteiger partial charge in [0.25, 0.3) is 0 Å². The monoisotopic (exact) mass is 372 g/mol. The molecule has 1 aliphatic rings. The van der Waals surface area contributed by atoms with Crippen molar-refractivity contribution in [1.29, 1.82) is 0 Å². The lowest BCUT2D eigenvalue weighted by molar-refractivity contribution is -0.125. The van der Waals surface area contributed by atoms with E-state index >= 15 is 0 Å². The minimum atomic E-state index is -0.258. The molecule has 3 rings (SSSR count). The molecular weight excluding hydrogens is 352 g/mol. The number of anilines is 1. The summed E-state index contributed by atoms with van der Waals surface area (Å²) in [5, 5.41) is 6.34. The van der Waals surface area contributed by atoms with Gasteiger partial charge < -0.3 is 15.4 Å². The van der Waals surface area contributed by atoms with Gasteiger partial charge in [-0.2, -0.15) is 0 Å². The van der Waals surface area contributed by atoms with E-state index in [1.807, 2.05) is 24.3 Å². The van der Waals surface area contributed by atoms with Crippen molar-refractivity contribution in [2.75, 3.05) is 19.0 Å². The van der Waals surface area contributed by atoms with Crippen molar-refractivity contribution in [3.05, 3.63) is 59.1 Å². The van der Waals surface area contributed by atoms with Crippen LogP contribution in [0.25, 0.3) is 0 Å². The molecule has 2 N–H and O–H groups in total. The molecule has 0 heterocycles. The second-order valence-corrected chi connectivity index (χ2v) is 6.77. The summed E-state index contributed by atoms with van der Waals surface area (Å²) in [6, 6.07) is 14.7. The lowest BCUT2D eigenvalue weighted by atomic mass is 10.1. The zero-order valence-electron chi connectivity index (χ0n) is 14.5. The van der Waals surface area contributed by atoms with Gasteiger partial charge in [0.05, 0.1) is 18.9 Å². The lowest BCUT2D eigenvalue weighted by Gasteiger charge is -2.07. The summed E-state index contributed by atoms with van der Waals surface area (Å²) < 4.78 is 5.12. The molecule has 0 bridgehead atoms. The number of methoxy groups -OCH3 is 1. The quantitative estimate of drug-likeness (QED) is 0.783. The maximum atomic E-state index is 12.2. The van der Waals surface area contributed by atoms with E-state index in [1.165, 1.54) is 0 Å². The van der Waals surface area contributed by atoms with Crippen molar-refractivity contribution in [1.82, 2.24) is 5.32 Å². The number of hydrogen-bond acceptors (Lipinski definition) is 3. The van der Waals surface area contributed by atoms with Crippen LogP contribution in [0.2, 0.25) is 5.02 Å².